The highest BCUT2D eigenvalue weighted by atomic mass is 35.5. The molecule has 1 aliphatic rings. The van der Waals surface area contributed by atoms with E-state index in [0.29, 0.717) is 51.5 Å². The molecule has 0 amide bonds. The van der Waals surface area contributed by atoms with Crippen LogP contribution in [0.5, 0.6) is 28.7 Å². The number of ether oxygens (including phenoxy) is 5. The lowest BCUT2D eigenvalue weighted by atomic mass is 10.0. The Bertz CT molecular complexity index is 1230. The number of carbonyl (C=O) groups is 1. The molecule has 33 heavy (non-hydrogen) atoms. The third-order valence-corrected chi connectivity index (χ3v) is 5.54. The summed E-state index contributed by atoms with van der Waals surface area (Å²) in [6, 6.07) is 14.5. The van der Waals surface area contributed by atoms with Gasteiger partial charge in [-0.25, -0.2) is 0 Å². The first-order valence-corrected chi connectivity index (χ1v) is 10.6. The second-order valence-electron chi connectivity index (χ2n) is 7.39. The number of ketones is 1. The van der Waals surface area contributed by atoms with Crippen molar-refractivity contribution in [3.63, 3.8) is 0 Å². The summed E-state index contributed by atoms with van der Waals surface area (Å²) in [6.45, 7) is 2.23. The molecule has 0 atom stereocenters. The number of benzene rings is 3. The summed E-state index contributed by atoms with van der Waals surface area (Å²) in [5.41, 5.74) is 2.89. The minimum absolute atomic E-state index is 0.188. The van der Waals surface area contributed by atoms with Gasteiger partial charge in [-0.1, -0.05) is 23.7 Å². The second-order valence-corrected chi connectivity index (χ2v) is 7.83. The van der Waals surface area contributed by atoms with Gasteiger partial charge in [0, 0.05) is 16.7 Å². The number of allylic oxidation sites excluding steroid dienone is 1. The van der Waals surface area contributed by atoms with Crippen molar-refractivity contribution in [2.24, 2.45) is 0 Å². The lowest BCUT2D eigenvalue weighted by molar-refractivity contribution is 0.101. The van der Waals surface area contributed by atoms with Gasteiger partial charge < -0.3 is 23.7 Å². The zero-order chi connectivity index (χ0) is 23.5. The molecule has 4 rings (SSSR count). The predicted octanol–water partition coefficient (Wildman–Crippen LogP) is 5.87. The smallest absolute Gasteiger partial charge is 0.232 e. The summed E-state index contributed by atoms with van der Waals surface area (Å²) in [5, 5.41) is 0.671. The van der Waals surface area contributed by atoms with Crippen molar-refractivity contribution in [1.29, 1.82) is 0 Å². The highest BCUT2D eigenvalue weighted by molar-refractivity contribution is 6.30. The molecule has 0 unspecified atom stereocenters. The van der Waals surface area contributed by atoms with E-state index < -0.39 is 0 Å². The van der Waals surface area contributed by atoms with Gasteiger partial charge in [-0.2, -0.15) is 0 Å². The molecule has 3 aromatic carbocycles. The van der Waals surface area contributed by atoms with Crippen molar-refractivity contribution in [3.8, 4) is 28.7 Å². The molecule has 1 aliphatic heterocycles. The molecule has 0 spiro atoms. The summed E-state index contributed by atoms with van der Waals surface area (Å²) >= 11 is 5.93. The van der Waals surface area contributed by atoms with Crippen LogP contribution in [-0.2, 0) is 6.61 Å². The Labute approximate surface area is 197 Å². The zero-order valence-corrected chi connectivity index (χ0v) is 19.5. The van der Waals surface area contributed by atoms with Crippen LogP contribution in [0, 0.1) is 6.92 Å². The molecule has 0 radical (unpaired) electrons. The molecule has 170 valence electrons. The molecule has 0 fully saturated rings. The fourth-order valence-corrected chi connectivity index (χ4v) is 3.81. The average Bonchev–Trinajstić information content (AvgIpc) is 3.13. The second kappa shape index (κ2) is 9.46. The van der Waals surface area contributed by atoms with E-state index in [1.165, 1.54) is 14.2 Å². The fraction of sp³-hybridized carbons (Fsp3) is 0.192. The van der Waals surface area contributed by atoms with E-state index in [1.807, 2.05) is 37.3 Å². The molecule has 7 heteroatoms. The number of methoxy groups -OCH3 is 3. The van der Waals surface area contributed by atoms with Gasteiger partial charge in [-0.15, -0.1) is 0 Å². The number of fused-ring (bicyclic) bond motifs is 1. The summed E-state index contributed by atoms with van der Waals surface area (Å²) in [7, 11) is 4.60. The molecule has 0 aromatic heterocycles. The lowest BCUT2D eigenvalue weighted by Crippen LogP contribution is -2.01. The van der Waals surface area contributed by atoms with Crippen molar-refractivity contribution >= 4 is 23.5 Å². The minimum atomic E-state index is -0.205. The van der Waals surface area contributed by atoms with Gasteiger partial charge in [0.05, 0.1) is 26.9 Å². The van der Waals surface area contributed by atoms with Gasteiger partial charge in [0.25, 0.3) is 0 Å². The highest BCUT2D eigenvalue weighted by Gasteiger charge is 2.30. The lowest BCUT2D eigenvalue weighted by Gasteiger charge is -2.14. The van der Waals surface area contributed by atoms with Crippen molar-refractivity contribution < 1.29 is 28.5 Å². The van der Waals surface area contributed by atoms with E-state index >= 15 is 0 Å². The molecular formula is C26H23ClO6. The monoisotopic (exact) mass is 466 g/mol. The average molecular weight is 467 g/mol. The Balaban J connectivity index is 1.61. The first-order valence-electron chi connectivity index (χ1n) is 10.2. The van der Waals surface area contributed by atoms with Gasteiger partial charge in [-0.3, -0.25) is 4.79 Å². The Morgan fingerprint density at radius 3 is 2.33 bits per heavy atom. The number of Topliss-reactive ketones (excluding diaryl/α,β-unsaturated/α-hetero) is 1. The maximum atomic E-state index is 13.1. The van der Waals surface area contributed by atoms with Crippen LogP contribution >= 0.6 is 11.6 Å². The van der Waals surface area contributed by atoms with Gasteiger partial charge in [0.2, 0.25) is 11.5 Å². The largest absolute Gasteiger partial charge is 0.493 e. The van der Waals surface area contributed by atoms with Crippen LogP contribution in [0.4, 0.5) is 0 Å². The molecule has 0 saturated carbocycles. The minimum Gasteiger partial charge on any atom is -0.493 e. The number of halogens is 1. The normalized spacial score (nSPS) is 13.5. The van der Waals surface area contributed by atoms with Crippen LogP contribution in [-0.4, -0.2) is 27.1 Å². The van der Waals surface area contributed by atoms with Crippen molar-refractivity contribution in [3.05, 3.63) is 81.6 Å². The third kappa shape index (κ3) is 4.47. The van der Waals surface area contributed by atoms with E-state index in [9.17, 15) is 4.79 Å². The van der Waals surface area contributed by atoms with Crippen LogP contribution in [0.1, 0.15) is 27.0 Å². The summed E-state index contributed by atoms with van der Waals surface area (Å²) in [4.78, 5) is 13.1. The molecule has 1 heterocycles. The SMILES string of the molecule is COc1ccc(/C=C2\Oc3cc(OCc4ccc(Cl)cc4)cc(C)c3C2=O)c(OC)c1OC. The molecular weight excluding hydrogens is 444 g/mol. The summed E-state index contributed by atoms with van der Waals surface area (Å²) in [6.07, 6.45) is 1.64. The van der Waals surface area contributed by atoms with Gasteiger partial charge in [0.15, 0.2) is 17.3 Å². The van der Waals surface area contributed by atoms with E-state index in [-0.39, 0.29) is 11.5 Å². The molecule has 0 N–H and O–H groups in total. The van der Waals surface area contributed by atoms with Crippen LogP contribution in [0.15, 0.2) is 54.3 Å². The topological polar surface area (TPSA) is 63.2 Å². The van der Waals surface area contributed by atoms with Crippen molar-refractivity contribution in [2.75, 3.05) is 21.3 Å². The molecule has 0 bridgehead atoms. The fourth-order valence-electron chi connectivity index (χ4n) is 3.69. The van der Waals surface area contributed by atoms with E-state index in [2.05, 4.69) is 0 Å². The van der Waals surface area contributed by atoms with Gasteiger partial charge >= 0.3 is 0 Å². The van der Waals surface area contributed by atoms with Crippen LogP contribution in [0.25, 0.3) is 6.08 Å². The van der Waals surface area contributed by atoms with Crippen LogP contribution in [0.3, 0.4) is 0 Å². The number of aryl methyl sites for hydroxylation is 1. The summed E-state index contributed by atoms with van der Waals surface area (Å²) in [5.74, 6) is 2.45. The van der Waals surface area contributed by atoms with Crippen LogP contribution < -0.4 is 23.7 Å². The highest BCUT2D eigenvalue weighted by Crippen LogP contribution is 2.42. The standard InChI is InChI=1S/C26H23ClO6/c1-15-11-19(32-14-16-5-8-18(27)9-6-16)13-21-23(15)24(28)22(33-21)12-17-7-10-20(29-2)26(31-4)25(17)30-3/h5-13H,14H2,1-4H3/b22-12-. The molecule has 6 nitrogen and oxygen atoms in total. The zero-order valence-electron chi connectivity index (χ0n) is 18.7. The Kier molecular flexibility index (Phi) is 6.47. The number of hydrogen-bond donors (Lipinski definition) is 0. The van der Waals surface area contributed by atoms with E-state index in [4.69, 9.17) is 35.3 Å². The Morgan fingerprint density at radius 2 is 1.67 bits per heavy atom. The number of rotatable bonds is 7. The van der Waals surface area contributed by atoms with E-state index in [1.54, 1.807) is 31.4 Å². The quantitative estimate of drug-likeness (QED) is 0.406. The maximum Gasteiger partial charge on any atom is 0.232 e. The van der Waals surface area contributed by atoms with Gasteiger partial charge in [-0.05, 0) is 54.5 Å². The molecule has 0 aliphatic carbocycles. The van der Waals surface area contributed by atoms with Gasteiger partial charge in [0.1, 0.15) is 18.1 Å². The summed E-state index contributed by atoms with van der Waals surface area (Å²) < 4.78 is 28.1. The number of carbonyl (C=O) groups excluding carboxylic acids is 1. The van der Waals surface area contributed by atoms with E-state index in [0.717, 1.165) is 11.1 Å². The Morgan fingerprint density at radius 1 is 0.939 bits per heavy atom. The predicted molar refractivity (Wildman–Crippen MR) is 126 cm³/mol. The Hall–Kier alpha value is -3.64. The first-order chi connectivity index (χ1) is 15.9. The van der Waals surface area contributed by atoms with Crippen molar-refractivity contribution in [1.82, 2.24) is 0 Å². The molecule has 3 aromatic rings. The first kappa shape index (κ1) is 22.6. The maximum absolute atomic E-state index is 13.1. The number of hydrogen-bond acceptors (Lipinski definition) is 6. The van der Waals surface area contributed by atoms with Crippen molar-refractivity contribution in [2.45, 2.75) is 13.5 Å². The van der Waals surface area contributed by atoms with Crippen LogP contribution in [0.2, 0.25) is 5.02 Å². The molecule has 0 saturated heterocycles. The third-order valence-electron chi connectivity index (χ3n) is 5.28.